The van der Waals surface area contributed by atoms with Crippen molar-refractivity contribution in [2.45, 2.75) is 70.0 Å². The normalized spacial score (nSPS) is 19.9. The van der Waals surface area contributed by atoms with Crippen molar-refractivity contribution < 1.29 is 33.2 Å². The lowest BCUT2D eigenvalue weighted by molar-refractivity contribution is -0.205. The second-order valence-corrected chi connectivity index (χ2v) is 14.6. The van der Waals surface area contributed by atoms with Gasteiger partial charge < -0.3 is 34.2 Å². The van der Waals surface area contributed by atoms with Crippen molar-refractivity contribution in [2.75, 3.05) is 18.9 Å². The van der Waals surface area contributed by atoms with Gasteiger partial charge in [-0.2, -0.15) is 0 Å². The van der Waals surface area contributed by atoms with Gasteiger partial charge >= 0.3 is 11.7 Å². The highest BCUT2D eigenvalue weighted by molar-refractivity contribution is 5.98. The van der Waals surface area contributed by atoms with E-state index in [4.69, 9.17) is 34.2 Å². The predicted octanol–water partition coefficient (Wildman–Crippen LogP) is 5.92. The number of nitrogen functional groups attached to an aromatic ring is 1. The maximum atomic E-state index is 14.7. The molecule has 0 bridgehead atoms. The molecule has 2 aliphatic heterocycles. The van der Waals surface area contributed by atoms with Crippen molar-refractivity contribution in [3.63, 3.8) is 0 Å². The Bertz CT molecular complexity index is 2410. The summed E-state index contributed by atoms with van der Waals surface area (Å²) in [4.78, 5) is 46.2. The first-order valence-corrected chi connectivity index (χ1v) is 19.2. The molecule has 2 N–H and O–H groups in total. The summed E-state index contributed by atoms with van der Waals surface area (Å²) in [5, 5.41) is -0.0746. The molecule has 0 amide bonds. The molecule has 13 heteroatoms. The number of carbonyl (C=O) groups excluding carboxylic acids is 1. The fraction of sp³-hybridized carbons (Fsp3) is 0.289. The summed E-state index contributed by atoms with van der Waals surface area (Å²) >= 11 is 0. The van der Waals surface area contributed by atoms with Crippen molar-refractivity contribution >= 4 is 22.8 Å². The number of benzene rings is 4. The van der Waals surface area contributed by atoms with Gasteiger partial charge in [-0.25, -0.2) is 23.7 Å². The van der Waals surface area contributed by atoms with Gasteiger partial charge in [0, 0.05) is 0 Å². The number of fused-ring (bicyclic) bond motifs is 2. The summed E-state index contributed by atoms with van der Waals surface area (Å²) < 4.78 is 40.2. The van der Waals surface area contributed by atoms with E-state index in [9.17, 15) is 14.4 Å². The number of carbonyl (C=O) groups is 1. The average molecular weight is 785 g/mol. The van der Waals surface area contributed by atoms with Gasteiger partial charge in [0.25, 0.3) is 5.56 Å². The molecule has 1 unspecified atom stereocenters. The van der Waals surface area contributed by atoms with Crippen LogP contribution in [0.3, 0.4) is 0 Å². The van der Waals surface area contributed by atoms with E-state index in [1.54, 1.807) is 20.8 Å². The van der Waals surface area contributed by atoms with E-state index >= 15 is 0 Å². The Morgan fingerprint density at radius 3 is 1.95 bits per heavy atom. The number of nitrogens with zero attached hydrogens (tertiary/aromatic N) is 3. The minimum absolute atomic E-state index is 0.00906. The fourth-order valence-corrected chi connectivity index (χ4v) is 7.83. The van der Waals surface area contributed by atoms with Crippen LogP contribution >= 0.6 is 0 Å². The Hall–Kier alpha value is -5.96. The summed E-state index contributed by atoms with van der Waals surface area (Å²) in [7, 11) is 0. The van der Waals surface area contributed by atoms with Crippen LogP contribution in [0.1, 0.15) is 59.6 Å². The number of hydrogen-bond donors (Lipinski definition) is 1. The van der Waals surface area contributed by atoms with Gasteiger partial charge in [-0.3, -0.25) is 4.79 Å². The SMILES string of the molecule is CCOC(=O)c1cc2c(=O)n(COCc3ccccc3)c(=O)n(C3O[C@H](COC(c4ccccc4)(c4ccccc4)c4ccccc4)[C@H]4OC(C)(C)O[C@@H]34)c2nc1N. The highest BCUT2D eigenvalue weighted by Crippen LogP contribution is 2.46. The average Bonchev–Trinajstić information content (AvgIpc) is 3.73. The van der Waals surface area contributed by atoms with Gasteiger partial charge in [0.05, 0.1) is 25.2 Å². The molecule has 2 aliphatic rings. The van der Waals surface area contributed by atoms with E-state index < -0.39 is 59.9 Å². The minimum atomic E-state index is -1.18. The molecule has 2 aromatic heterocycles. The van der Waals surface area contributed by atoms with E-state index in [1.807, 2.05) is 121 Å². The minimum Gasteiger partial charge on any atom is -0.462 e. The van der Waals surface area contributed by atoms with Crippen LogP contribution in [-0.2, 0) is 47.4 Å². The van der Waals surface area contributed by atoms with E-state index in [-0.39, 0.29) is 42.2 Å². The standard InChI is InChI=1S/C45H44N4O9/c1-4-54-42(51)33-25-34-39(47-38(33)46)49(43(52)48(40(34)50)28-53-26-29-17-9-5-10-18-29)41-37-36(57-44(2,3)58-37)35(56-41)27-55-45(30-19-11-6-12-20-30,31-21-13-7-14-22-31)32-23-15-8-16-24-32/h5-25,35-37,41H,4,26-28H2,1-3H3,(H2,46,47)/t35-,36-,37-,41?/m1/s1. The number of anilines is 1. The fourth-order valence-electron chi connectivity index (χ4n) is 7.83. The van der Waals surface area contributed by atoms with Gasteiger partial charge in [0.1, 0.15) is 42.0 Å². The van der Waals surface area contributed by atoms with Gasteiger partial charge in [0.15, 0.2) is 17.7 Å². The molecule has 4 heterocycles. The Morgan fingerprint density at radius 1 is 0.828 bits per heavy atom. The first kappa shape index (κ1) is 38.9. The first-order chi connectivity index (χ1) is 28.1. The summed E-state index contributed by atoms with van der Waals surface area (Å²) in [5.74, 6) is -2.07. The molecule has 0 saturated carbocycles. The molecule has 13 nitrogen and oxygen atoms in total. The maximum absolute atomic E-state index is 14.7. The zero-order valence-corrected chi connectivity index (χ0v) is 32.4. The molecule has 58 heavy (non-hydrogen) atoms. The van der Waals surface area contributed by atoms with Crippen molar-refractivity contribution in [1.29, 1.82) is 0 Å². The van der Waals surface area contributed by atoms with Gasteiger partial charge in [0.2, 0.25) is 0 Å². The Labute approximate surface area is 334 Å². The van der Waals surface area contributed by atoms with Crippen LogP contribution < -0.4 is 17.0 Å². The van der Waals surface area contributed by atoms with Crippen LogP contribution in [0.2, 0.25) is 0 Å². The molecule has 8 rings (SSSR count). The van der Waals surface area contributed by atoms with E-state index in [1.165, 1.54) is 10.6 Å². The van der Waals surface area contributed by atoms with Crippen LogP contribution in [0.15, 0.2) is 137 Å². The second-order valence-electron chi connectivity index (χ2n) is 14.6. The number of ether oxygens (including phenoxy) is 6. The van der Waals surface area contributed by atoms with Crippen LogP contribution in [0.25, 0.3) is 11.0 Å². The monoisotopic (exact) mass is 784 g/mol. The van der Waals surface area contributed by atoms with Gasteiger partial charge in [-0.05, 0) is 49.1 Å². The molecule has 2 fully saturated rings. The summed E-state index contributed by atoms with van der Waals surface area (Å²) in [6, 6.07) is 40.4. The lowest BCUT2D eigenvalue weighted by atomic mass is 9.80. The summed E-state index contributed by atoms with van der Waals surface area (Å²) in [5.41, 5.74) is 7.02. The molecule has 0 radical (unpaired) electrons. The van der Waals surface area contributed by atoms with Crippen molar-refractivity contribution in [3.05, 3.63) is 176 Å². The third-order valence-electron chi connectivity index (χ3n) is 10.4. The van der Waals surface area contributed by atoms with Crippen molar-refractivity contribution in [1.82, 2.24) is 14.1 Å². The second kappa shape index (κ2) is 16.1. The molecular weight excluding hydrogens is 741 g/mol. The lowest BCUT2D eigenvalue weighted by Crippen LogP contribution is -2.45. The van der Waals surface area contributed by atoms with E-state index in [0.29, 0.717) is 0 Å². The molecule has 6 aromatic rings. The third kappa shape index (κ3) is 7.23. The number of esters is 1. The molecule has 4 aromatic carbocycles. The quantitative estimate of drug-likeness (QED) is 0.110. The van der Waals surface area contributed by atoms with Crippen LogP contribution in [-0.4, -0.2) is 57.4 Å². The zero-order valence-electron chi connectivity index (χ0n) is 32.4. The van der Waals surface area contributed by atoms with Crippen LogP contribution in [0.4, 0.5) is 5.82 Å². The first-order valence-electron chi connectivity index (χ1n) is 19.2. The highest BCUT2D eigenvalue weighted by atomic mass is 16.8. The van der Waals surface area contributed by atoms with Gasteiger partial charge in [-0.15, -0.1) is 0 Å². The van der Waals surface area contributed by atoms with Gasteiger partial charge in [-0.1, -0.05) is 121 Å². The molecular formula is C45H44N4O9. The summed E-state index contributed by atoms with van der Waals surface area (Å²) in [6.45, 7) is 4.99. The van der Waals surface area contributed by atoms with Crippen LogP contribution in [0.5, 0.6) is 0 Å². The topological polar surface area (TPSA) is 155 Å². The number of aromatic nitrogens is 3. The molecule has 2 saturated heterocycles. The smallest absolute Gasteiger partial charge is 0.341 e. The van der Waals surface area contributed by atoms with Crippen LogP contribution in [0, 0.1) is 0 Å². The number of hydrogen-bond acceptors (Lipinski definition) is 11. The van der Waals surface area contributed by atoms with E-state index in [2.05, 4.69) is 4.98 Å². The zero-order chi connectivity index (χ0) is 40.4. The number of pyridine rings is 1. The van der Waals surface area contributed by atoms with E-state index in [0.717, 1.165) is 26.8 Å². The lowest BCUT2D eigenvalue weighted by Gasteiger charge is -2.37. The highest BCUT2D eigenvalue weighted by Gasteiger charge is 2.57. The maximum Gasteiger partial charge on any atom is 0.341 e. The van der Waals surface area contributed by atoms with Crippen molar-refractivity contribution in [3.8, 4) is 0 Å². The Morgan fingerprint density at radius 2 is 1.38 bits per heavy atom. The number of rotatable bonds is 13. The Balaban J connectivity index is 1.23. The van der Waals surface area contributed by atoms with Crippen molar-refractivity contribution in [2.24, 2.45) is 0 Å². The molecule has 0 spiro atoms. The largest absolute Gasteiger partial charge is 0.462 e. The number of nitrogens with two attached hydrogens (primary N) is 1. The Kier molecular flexibility index (Phi) is 10.8. The predicted molar refractivity (Wildman–Crippen MR) is 215 cm³/mol. The molecule has 0 aliphatic carbocycles. The summed E-state index contributed by atoms with van der Waals surface area (Å²) in [6.07, 6.45) is -3.57. The molecule has 298 valence electrons. The third-order valence-corrected chi connectivity index (χ3v) is 10.4. The molecule has 4 atom stereocenters.